The molecule has 5 rings (SSSR count). The SMILES string of the molecule is Cc1ccc2c(c1)C(=O)CC1(CCN(C(=O)c3cnn(-c4ccccn4)c3C)CC1)O2. The van der Waals surface area contributed by atoms with E-state index in [4.69, 9.17) is 4.74 Å². The quantitative estimate of drug-likeness (QED) is 0.639. The molecular weight excluding hydrogens is 392 g/mol. The van der Waals surface area contributed by atoms with Crippen LogP contribution in [0.1, 0.15) is 51.2 Å². The number of aromatic nitrogens is 3. The zero-order chi connectivity index (χ0) is 21.6. The van der Waals surface area contributed by atoms with Gasteiger partial charge < -0.3 is 9.64 Å². The molecule has 2 aliphatic heterocycles. The van der Waals surface area contributed by atoms with E-state index in [-0.39, 0.29) is 11.7 Å². The van der Waals surface area contributed by atoms with E-state index in [0.29, 0.717) is 55.0 Å². The van der Waals surface area contributed by atoms with Gasteiger partial charge in [-0.1, -0.05) is 17.7 Å². The van der Waals surface area contributed by atoms with Crippen LogP contribution >= 0.6 is 0 Å². The number of Topliss-reactive ketones (excluding diaryl/α,β-unsaturated/α-hetero) is 1. The molecule has 0 unspecified atom stereocenters. The van der Waals surface area contributed by atoms with Crippen LogP contribution in [0.3, 0.4) is 0 Å². The monoisotopic (exact) mass is 416 g/mol. The summed E-state index contributed by atoms with van der Waals surface area (Å²) >= 11 is 0. The number of nitrogens with zero attached hydrogens (tertiary/aromatic N) is 4. The molecule has 31 heavy (non-hydrogen) atoms. The first-order chi connectivity index (χ1) is 15.0. The maximum atomic E-state index is 13.2. The van der Waals surface area contributed by atoms with Gasteiger partial charge in [-0.2, -0.15) is 5.10 Å². The lowest BCUT2D eigenvalue weighted by atomic mass is 9.82. The number of fused-ring (bicyclic) bond motifs is 1. The van der Waals surface area contributed by atoms with E-state index in [2.05, 4.69) is 10.1 Å². The zero-order valence-electron chi connectivity index (χ0n) is 17.7. The van der Waals surface area contributed by atoms with E-state index >= 15 is 0 Å². The van der Waals surface area contributed by atoms with Crippen molar-refractivity contribution in [2.24, 2.45) is 0 Å². The van der Waals surface area contributed by atoms with E-state index in [0.717, 1.165) is 11.3 Å². The van der Waals surface area contributed by atoms with Crippen molar-refractivity contribution < 1.29 is 14.3 Å². The van der Waals surface area contributed by atoms with Gasteiger partial charge in [-0.05, 0) is 38.1 Å². The average Bonchev–Trinajstić information content (AvgIpc) is 3.16. The Hall–Kier alpha value is -3.48. The summed E-state index contributed by atoms with van der Waals surface area (Å²) < 4.78 is 8.00. The number of pyridine rings is 1. The van der Waals surface area contributed by atoms with E-state index in [1.165, 1.54) is 0 Å². The van der Waals surface area contributed by atoms with E-state index in [1.807, 2.05) is 55.1 Å². The lowest BCUT2D eigenvalue weighted by Gasteiger charge is -2.44. The van der Waals surface area contributed by atoms with E-state index < -0.39 is 5.60 Å². The third-order valence-corrected chi connectivity index (χ3v) is 6.31. The molecule has 1 fully saturated rings. The van der Waals surface area contributed by atoms with Crippen LogP contribution in [0, 0.1) is 13.8 Å². The number of piperidine rings is 1. The number of ether oxygens (including phenoxy) is 1. The van der Waals surface area contributed by atoms with Crippen molar-refractivity contribution >= 4 is 11.7 Å². The minimum absolute atomic E-state index is 0.0484. The van der Waals surface area contributed by atoms with Gasteiger partial charge in [-0.15, -0.1) is 0 Å². The first-order valence-corrected chi connectivity index (χ1v) is 10.5. The Bertz CT molecular complexity index is 1160. The van der Waals surface area contributed by atoms with Crippen molar-refractivity contribution in [3.63, 3.8) is 0 Å². The summed E-state index contributed by atoms with van der Waals surface area (Å²) in [5, 5.41) is 4.36. The molecular formula is C24H24N4O3. The molecule has 0 bridgehead atoms. The van der Waals surface area contributed by atoms with Gasteiger partial charge in [-0.25, -0.2) is 9.67 Å². The molecule has 7 heteroatoms. The topological polar surface area (TPSA) is 77.3 Å². The fourth-order valence-corrected chi connectivity index (χ4v) is 4.50. The summed E-state index contributed by atoms with van der Waals surface area (Å²) in [5.41, 5.74) is 2.53. The summed E-state index contributed by atoms with van der Waals surface area (Å²) in [7, 11) is 0. The highest BCUT2D eigenvalue weighted by molar-refractivity contribution is 6.00. The van der Waals surface area contributed by atoms with Crippen molar-refractivity contribution in [1.82, 2.24) is 19.7 Å². The molecule has 1 amide bonds. The zero-order valence-corrected chi connectivity index (χ0v) is 17.7. The molecule has 1 aromatic carbocycles. The number of ketones is 1. The van der Waals surface area contributed by atoms with Crippen LogP contribution in [-0.2, 0) is 0 Å². The number of carbonyl (C=O) groups is 2. The highest BCUT2D eigenvalue weighted by Crippen LogP contribution is 2.39. The molecule has 2 aliphatic rings. The van der Waals surface area contributed by atoms with E-state index in [1.54, 1.807) is 17.1 Å². The van der Waals surface area contributed by atoms with Gasteiger partial charge in [0.25, 0.3) is 5.91 Å². The van der Waals surface area contributed by atoms with Crippen LogP contribution < -0.4 is 4.74 Å². The summed E-state index contributed by atoms with van der Waals surface area (Å²) in [6.45, 7) is 4.94. The molecule has 0 atom stereocenters. The van der Waals surface area contributed by atoms with Crippen molar-refractivity contribution in [2.45, 2.75) is 38.7 Å². The van der Waals surface area contributed by atoms with Crippen LogP contribution in [0.5, 0.6) is 5.75 Å². The number of aryl methyl sites for hydroxylation is 1. The summed E-state index contributed by atoms with van der Waals surface area (Å²) in [5.74, 6) is 1.42. The molecule has 7 nitrogen and oxygen atoms in total. The minimum Gasteiger partial charge on any atom is -0.486 e. The number of rotatable bonds is 2. The highest BCUT2D eigenvalue weighted by Gasteiger charge is 2.44. The molecule has 0 radical (unpaired) electrons. The van der Waals surface area contributed by atoms with Crippen molar-refractivity contribution in [1.29, 1.82) is 0 Å². The Kier molecular flexibility index (Phi) is 4.61. The summed E-state index contributed by atoms with van der Waals surface area (Å²) in [4.78, 5) is 32.1. The van der Waals surface area contributed by atoms with Gasteiger partial charge in [0.05, 0.1) is 29.4 Å². The molecule has 1 saturated heterocycles. The maximum Gasteiger partial charge on any atom is 0.257 e. The maximum absolute atomic E-state index is 13.2. The first kappa shape index (κ1) is 19.5. The summed E-state index contributed by atoms with van der Waals surface area (Å²) in [6, 6.07) is 11.3. The molecule has 158 valence electrons. The Morgan fingerprint density at radius 3 is 2.68 bits per heavy atom. The standard InChI is InChI=1S/C24H24N4O3/c1-16-6-7-21-18(13-16)20(29)14-24(31-21)8-11-27(12-9-24)23(30)19-15-26-28(17(19)2)22-5-3-4-10-25-22/h3-7,10,13,15H,8-9,11-12,14H2,1-2H3. The second-order valence-corrected chi connectivity index (χ2v) is 8.42. The predicted octanol–water partition coefficient (Wildman–Crippen LogP) is 3.52. The molecule has 0 aliphatic carbocycles. The number of carbonyl (C=O) groups excluding carboxylic acids is 2. The van der Waals surface area contributed by atoms with Crippen LogP contribution in [0.2, 0.25) is 0 Å². The third-order valence-electron chi connectivity index (χ3n) is 6.31. The molecule has 3 aromatic rings. The van der Waals surface area contributed by atoms with Crippen molar-refractivity contribution in [2.75, 3.05) is 13.1 Å². The van der Waals surface area contributed by atoms with Gasteiger partial charge in [0, 0.05) is 32.1 Å². The van der Waals surface area contributed by atoms with Gasteiger partial charge in [0.15, 0.2) is 11.6 Å². The number of hydrogen-bond acceptors (Lipinski definition) is 5. The second-order valence-electron chi connectivity index (χ2n) is 8.42. The molecule has 0 saturated carbocycles. The first-order valence-electron chi connectivity index (χ1n) is 10.5. The fourth-order valence-electron chi connectivity index (χ4n) is 4.50. The highest BCUT2D eigenvalue weighted by atomic mass is 16.5. The minimum atomic E-state index is -0.524. The van der Waals surface area contributed by atoms with Crippen LogP contribution in [0.25, 0.3) is 5.82 Å². The van der Waals surface area contributed by atoms with Crippen molar-refractivity contribution in [3.8, 4) is 11.6 Å². The number of benzene rings is 1. The molecule has 1 spiro atoms. The number of amides is 1. The fraction of sp³-hybridized carbons (Fsp3) is 0.333. The van der Waals surface area contributed by atoms with E-state index in [9.17, 15) is 9.59 Å². The van der Waals surface area contributed by atoms with Gasteiger partial charge >= 0.3 is 0 Å². The lowest BCUT2D eigenvalue weighted by molar-refractivity contribution is -0.00573. The Balaban J connectivity index is 1.31. The van der Waals surface area contributed by atoms with Gasteiger partial charge in [0.2, 0.25) is 0 Å². The largest absolute Gasteiger partial charge is 0.486 e. The molecule has 2 aromatic heterocycles. The number of likely N-dealkylation sites (tertiary alicyclic amines) is 1. The second kappa shape index (κ2) is 7.34. The Labute approximate surface area is 180 Å². The predicted molar refractivity (Wildman–Crippen MR) is 115 cm³/mol. The average molecular weight is 416 g/mol. The lowest BCUT2D eigenvalue weighted by Crippen LogP contribution is -2.52. The van der Waals surface area contributed by atoms with Crippen molar-refractivity contribution in [3.05, 3.63) is 71.2 Å². The Morgan fingerprint density at radius 1 is 1.13 bits per heavy atom. The Morgan fingerprint density at radius 2 is 1.94 bits per heavy atom. The number of hydrogen-bond donors (Lipinski definition) is 0. The van der Waals surface area contributed by atoms with Crippen LogP contribution in [-0.4, -0.2) is 50.0 Å². The van der Waals surface area contributed by atoms with Gasteiger partial charge in [0.1, 0.15) is 11.4 Å². The van der Waals surface area contributed by atoms with Gasteiger partial charge in [-0.3, -0.25) is 9.59 Å². The molecule has 4 heterocycles. The smallest absolute Gasteiger partial charge is 0.257 e. The normalized spacial score (nSPS) is 17.4. The van der Waals surface area contributed by atoms with Crippen LogP contribution in [0.4, 0.5) is 0 Å². The third kappa shape index (κ3) is 3.40. The summed E-state index contributed by atoms with van der Waals surface area (Å²) in [6.07, 6.45) is 4.93. The molecule has 0 N–H and O–H groups in total. The van der Waals surface area contributed by atoms with Crippen LogP contribution in [0.15, 0.2) is 48.8 Å².